The lowest BCUT2D eigenvalue weighted by molar-refractivity contribution is 0.0357. The molecule has 0 bridgehead atoms. The van der Waals surface area contributed by atoms with Crippen molar-refractivity contribution in [1.29, 1.82) is 0 Å². The number of benzene rings is 1. The number of aliphatic hydroxyl groups is 1. The zero-order chi connectivity index (χ0) is 21.1. The largest absolute Gasteiger partial charge is 0.493 e. The Balaban J connectivity index is 1.57. The van der Waals surface area contributed by atoms with E-state index in [0.29, 0.717) is 33.9 Å². The van der Waals surface area contributed by atoms with E-state index in [4.69, 9.17) is 19.9 Å². The van der Waals surface area contributed by atoms with Crippen molar-refractivity contribution in [3.8, 4) is 5.75 Å². The fraction of sp³-hybridized carbons (Fsp3) is 0.429. The van der Waals surface area contributed by atoms with Gasteiger partial charge in [0.15, 0.2) is 0 Å². The third-order valence-electron chi connectivity index (χ3n) is 5.26. The fourth-order valence-electron chi connectivity index (χ4n) is 3.62. The van der Waals surface area contributed by atoms with Gasteiger partial charge in [0.05, 0.1) is 44.7 Å². The first-order valence-electron chi connectivity index (χ1n) is 9.88. The second-order valence-electron chi connectivity index (χ2n) is 7.13. The van der Waals surface area contributed by atoms with Gasteiger partial charge >= 0.3 is 5.97 Å². The molecule has 2 aromatic heterocycles. The number of fused-ring (bicyclic) bond motifs is 3. The van der Waals surface area contributed by atoms with Crippen LogP contribution in [0.3, 0.4) is 0 Å². The van der Waals surface area contributed by atoms with Gasteiger partial charge in [-0.05, 0) is 12.5 Å². The van der Waals surface area contributed by atoms with Crippen molar-refractivity contribution in [3.63, 3.8) is 0 Å². The summed E-state index contributed by atoms with van der Waals surface area (Å²) in [5, 5.41) is 11.4. The summed E-state index contributed by atoms with van der Waals surface area (Å²) in [5.74, 6) is 0.154. The van der Waals surface area contributed by atoms with Crippen LogP contribution in [0.4, 0.5) is 5.69 Å². The van der Waals surface area contributed by atoms with Crippen LogP contribution in [0.1, 0.15) is 21.7 Å². The normalized spacial score (nSPS) is 15.0. The number of aliphatic hydroxyl groups excluding tert-OH is 1. The van der Waals surface area contributed by atoms with Crippen LogP contribution in [0.5, 0.6) is 5.75 Å². The molecule has 9 heteroatoms. The Bertz CT molecular complexity index is 1060. The number of morpholine rings is 1. The first kappa shape index (κ1) is 20.8. The van der Waals surface area contributed by atoms with Gasteiger partial charge in [0.25, 0.3) is 0 Å². The van der Waals surface area contributed by atoms with E-state index in [1.165, 1.54) is 18.4 Å². The average molecular weight is 432 g/mol. The van der Waals surface area contributed by atoms with Gasteiger partial charge in [0.2, 0.25) is 0 Å². The van der Waals surface area contributed by atoms with E-state index in [1.807, 2.05) is 12.1 Å². The highest BCUT2D eigenvalue weighted by Crippen LogP contribution is 2.39. The zero-order valence-corrected chi connectivity index (χ0v) is 17.7. The van der Waals surface area contributed by atoms with E-state index < -0.39 is 5.97 Å². The van der Waals surface area contributed by atoms with Crippen molar-refractivity contribution >= 4 is 44.0 Å². The van der Waals surface area contributed by atoms with Crippen LogP contribution < -0.4 is 10.5 Å². The number of aromatic nitrogens is 1. The topological polar surface area (TPSA) is 107 Å². The molecule has 1 fully saturated rings. The molecule has 0 unspecified atom stereocenters. The molecule has 1 aromatic carbocycles. The lowest BCUT2D eigenvalue weighted by Crippen LogP contribution is -2.37. The molecule has 0 amide bonds. The van der Waals surface area contributed by atoms with Crippen molar-refractivity contribution in [2.24, 2.45) is 0 Å². The number of esters is 1. The molecule has 1 aliphatic heterocycles. The molecule has 1 saturated heterocycles. The van der Waals surface area contributed by atoms with E-state index in [0.717, 1.165) is 54.9 Å². The van der Waals surface area contributed by atoms with Gasteiger partial charge in [-0.3, -0.25) is 9.88 Å². The minimum absolute atomic E-state index is 0.157. The molecule has 160 valence electrons. The standard InChI is InChI=1S/C21H25N3O5S/c1-27-21(26)20-18(22)15-11-23-16-10-17(13(12-25)9-14(16)19(15)30-20)29-6-2-3-24-4-7-28-8-5-24/h9-11,25H,2-8,12,22H2,1H3. The molecule has 8 nitrogen and oxygen atoms in total. The Hall–Kier alpha value is -2.46. The number of methoxy groups -OCH3 is 1. The maximum Gasteiger partial charge on any atom is 0.350 e. The predicted octanol–water partition coefficient (Wildman–Crippen LogP) is 2.41. The van der Waals surface area contributed by atoms with Crippen molar-refractivity contribution in [1.82, 2.24) is 9.88 Å². The summed E-state index contributed by atoms with van der Waals surface area (Å²) in [6.07, 6.45) is 2.55. The highest BCUT2D eigenvalue weighted by atomic mass is 32.1. The third kappa shape index (κ3) is 4.06. The lowest BCUT2D eigenvalue weighted by Gasteiger charge is -2.26. The second-order valence-corrected chi connectivity index (χ2v) is 8.15. The van der Waals surface area contributed by atoms with Gasteiger partial charge < -0.3 is 25.1 Å². The fourth-order valence-corrected chi connectivity index (χ4v) is 4.76. The monoisotopic (exact) mass is 431 g/mol. The van der Waals surface area contributed by atoms with Gasteiger partial charge in [-0.1, -0.05) is 0 Å². The summed E-state index contributed by atoms with van der Waals surface area (Å²) >= 11 is 1.27. The number of anilines is 1. The van der Waals surface area contributed by atoms with Crippen molar-refractivity contribution in [2.75, 3.05) is 52.3 Å². The number of ether oxygens (including phenoxy) is 3. The smallest absolute Gasteiger partial charge is 0.350 e. The number of carbonyl (C=O) groups excluding carboxylic acids is 1. The summed E-state index contributed by atoms with van der Waals surface area (Å²) < 4.78 is 17.0. The van der Waals surface area contributed by atoms with E-state index in [-0.39, 0.29) is 6.61 Å². The molecule has 0 atom stereocenters. The first-order valence-corrected chi connectivity index (χ1v) is 10.7. The maximum atomic E-state index is 12.0. The van der Waals surface area contributed by atoms with Crippen LogP contribution in [0.2, 0.25) is 0 Å². The van der Waals surface area contributed by atoms with Crippen LogP contribution in [-0.4, -0.2) is 67.5 Å². The highest BCUT2D eigenvalue weighted by molar-refractivity contribution is 7.22. The molecule has 0 saturated carbocycles. The molecular formula is C21H25N3O5S. The van der Waals surface area contributed by atoms with Crippen molar-refractivity contribution < 1.29 is 24.1 Å². The van der Waals surface area contributed by atoms with Crippen LogP contribution >= 0.6 is 11.3 Å². The zero-order valence-electron chi connectivity index (χ0n) is 16.8. The molecule has 3 aromatic rings. The molecule has 1 aliphatic rings. The van der Waals surface area contributed by atoms with Crippen molar-refractivity contribution in [2.45, 2.75) is 13.0 Å². The number of thiophene rings is 1. The van der Waals surface area contributed by atoms with Crippen molar-refractivity contribution in [3.05, 3.63) is 28.8 Å². The number of rotatable bonds is 7. The van der Waals surface area contributed by atoms with Crippen LogP contribution in [0.25, 0.3) is 21.0 Å². The molecular weight excluding hydrogens is 406 g/mol. The van der Waals surface area contributed by atoms with Gasteiger partial charge in [0, 0.05) is 52.9 Å². The molecule has 4 rings (SSSR count). The summed E-state index contributed by atoms with van der Waals surface area (Å²) in [5.41, 5.74) is 7.90. The number of carbonyl (C=O) groups is 1. The summed E-state index contributed by atoms with van der Waals surface area (Å²) in [6.45, 7) is 4.82. The Kier molecular flexibility index (Phi) is 6.33. The van der Waals surface area contributed by atoms with Gasteiger partial charge in [-0.25, -0.2) is 4.79 Å². The van der Waals surface area contributed by atoms with Crippen LogP contribution in [-0.2, 0) is 16.1 Å². The van der Waals surface area contributed by atoms with E-state index >= 15 is 0 Å². The van der Waals surface area contributed by atoms with Crippen LogP contribution in [0.15, 0.2) is 18.3 Å². The highest BCUT2D eigenvalue weighted by Gasteiger charge is 2.20. The molecule has 0 radical (unpaired) electrons. The number of hydrogen-bond donors (Lipinski definition) is 2. The summed E-state index contributed by atoms with van der Waals surface area (Å²) in [4.78, 5) is 19.2. The Morgan fingerprint density at radius 2 is 2.13 bits per heavy atom. The molecule has 3 N–H and O–H groups in total. The van der Waals surface area contributed by atoms with E-state index in [2.05, 4.69) is 9.88 Å². The first-order chi connectivity index (χ1) is 14.6. The number of pyridine rings is 1. The van der Waals surface area contributed by atoms with Gasteiger partial charge in [0.1, 0.15) is 10.6 Å². The number of hydrogen-bond acceptors (Lipinski definition) is 9. The lowest BCUT2D eigenvalue weighted by atomic mass is 10.1. The quantitative estimate of drug-likeness (QED) is 0.434. The van der Waals surface area contributed by atoms with Gasteiger partial charge in [-0.2, -0.15) is 0 Å². The van der Waals surface area contributed by atoms with Gasteiger partial charge in [-0.15, -0.1) is 11.3 Å². The average Bonchev–Trinajstić information content (AvgIpc) is 3.13. The number of nitrogen functional groups attached to an aromatic ring is 1. The number of nitrogens with two attached hydrogens (primary N) is 1. The molecule has 3 heterocycles. The minimum Gasteiger partial charge on any atom is -0.493 e. The Morgan fingerprint density at radius 3 is 2.87 bits per heavy atom. The van der Waals surface area contributed by atoms with E-state index in [1.54, 1.807) is 6.20 Å². The van der Waals surface area contributed by atoms with E-state index in [9.17, 15) is 9.90 Å². The second kappa shape index (κ2) is 9.13. The summed E-state index contributed by atoms with van der Waals surface area (Å²) in [7, 11) is 1.33. The van der Waals surface area contributed by atoms with Crippen LogP contribution in [0, 0.1) is 0 Å². The maximum absolute atomic E-state index is 12.0. The summed E-state index contributed by atoms with van der Waals surface area (Å²) in [6, 6.07) is 3.70. The predicted molar refractivity (Wildman–Crippen MR) is 116 cm³/mol. The molecule has 0 aliphatic carbocycles. The molecule has 30 heavy (non-hydrogen) atoms. The number of nitrogens with zero attached hydrogens (tertiary/aromatic N) is 2. The minimum atomic E-state index is -0.468. The Morgan fingerprint density at radius 1 is 1.33 bits per heavy atom. The Labute approximate surface area is 178 Å². The SMILES string of the molecule is COC(=O)c1sc2c(cnc3cc(OCCCN4CCOCC4)c(CO)cc32)c1N. The molecule has 0 spiro atoms. The third-order valence-corrected chi connectivity index (χ3v) is 6.50.